The van der Waals surface area contributed by atoms with Crippen molar-refractivity contribution in [2.45, 2.75) is 44.9 Å². The summed E-state index contributed by atoms with van der Waals surface area (Å²) in [5, 5.41) is 10.1. The first-order valence-corrected chi connectivity index (χ1v) is 15.9. The molecule has 0 saturated carbocycles. The maximum absolute atomic E-state index is 14.1. The summed E-state index contributed by atoms with van der Waals surface area (Å²) in [7, 11) is 3.32. The highest BCUT2D eigenvalue weighted by Gasteiger charge is 2.35. The zero-order valence-corrected chi connectivity index (χ0v) is 27.0. The van der Waals surface area contributed by atoms with Gasteiger partial charge in [0.1, 0.15) is 17.6 Å². The van der Waals surface area contributed by atoms with Crippen LogP contribution in [-0.4, -0.2) is 93.0 Å². The van der Waals surface area contributed by atoms with E-state index in [-0.39, 0.29) is 42.0 Å². The van der Waals surface area contributed by atoms with Crippen molar-refractivity contribution in [2.24, 2.45) is 0 Å². The number of anilines is 1. The molecule has 1 aromatic carbocycles. The Morgan fingerprint density at radius 3 is 2.65 bits per heavy atom. The van der Waals surface area contributed by atoms with E-state index in [1.165, 1.54) is 27.9 Å². The maximum Gasteiger partial charge on any atom is 0.416 e. The summed E-state index contributed by atoms with van der Waals surface area (Å²) in [6, 6.07) is 6.94. The van der Waals surface area contributed by atoms with Gasteiger partial charge in [0, 0.05) is 77.7 Å². The van der Waals surface area contributed by atoms with E-state index in [0.717, 1.165) is 43.3 Å². The topological polar surface area (TPSA) is 120 Å². The second kappa shape index (κ2) is 13.8. The summed E-state index contributed by atoms with van der Waals surface area (Å²) < 4.78 is 50.0. The van der Waals surface area contributed by atoms with Gasteiger partial charge in [-0.05, 0) is 41.8 Å². The molecule has 2 aliphatic heterocycles. The molecule has 12 nitrogen and oxygen atoms in total. The number of alkyl halides is 3. The van der Waals surface area contributed by atoms with Crippen molar-refractivity contribution >= 4 is 23.1 Å². The minimum Gasteiger partial charge on any atom is -0.435 e. The Labute approximate surface area is 275 Å². The zero-order chi connectivity index (χ0) is 34.0. The molecule has 15 heteroatoms. The normalized spacial score (nSPS) is 16.9. The number of pyridine rings is 1. The molecular weight excluding hydrogens is 627 g/mol. The number of halogens is 3. The van der Waals surface area contributed by atoms with Gasteiger partial charge in [-0.25, -0.2) is 9.31 Å². The van der Waals surface area contributed by atoms with Crippen molar-refractivity contribution in [3.63, 3.8) is 0 Å². The average Bonchev–Trinajstić information content (AvgIpc) is 3.50. The van der Waals surface area contributed by atoms with Crippen molar-refractivity contribution in [1.29, 1.82) is 0 Å². The van der Waals surface area contributed by atoms with Crippen molar-refractivity contribution < 1.29 is 27.5 Å². The van der Waals surface area contributed by atoms with Gasteiger partial charge in [0.2, 0.25) is 5.88 Å². The first kappa shape index (κ1) is 33.2. The molecule has 4 aromatic rings. The molecule has 1 atom stereocenters. The summed E-state index contributed by atoms with van der Waals surface area (Å²) >= 11 is 0. The van der Waals surface area contributed by atoms with Gasteiger partial charge in [0.05, 0.1) is 23.0 Å². The molecule has 3 aromatic heterocycles. The van der Waals surface area contributed by atoms with Crippen LogP contribution in [0.1, 0.15) is 58.4 Å². The van der Waals surface area contributed by atoms with Crippen LogP contribution in [0.3, 0.4) is 0 Å². The van der Waals surface area contributed by atoms with Crippen LogP contribution in [0.2, 0.25) is 0 Å². The number of hydrogen-bond donors (Lipinski definition) is 2. The number of benzene rings is 1. The van der Waals surface area contributed by atoms with E-state index >= 15 is 0 Å². The molecule has 2 N–H and O–H groups in total. The smallest absolute Gasteiger partial charge is 0.416 e. The fourth-order valence-electron chi connectivity index (χ4n) is 6.24. The predicted octanol–water partition coefficient (Wildman–Crippen LogP) is 4.97. The molecular formula is C33H38F3N9O3. The lowest BCUT2D eigenvalue weighted by molar-refractivity contribution is -0.138. The quantitative estimate of drug-likeness (QED) is 0.271. The van der Waals surface area contributed by atoms with Gasteiger partial charge >= 0.3 is 12.2 Å². The van der Waals surface area contributed by atoms with Crippen molar-refractivity contribution in [1.82, 2.24) is 39.6 Å². The summed E-state index contributed by atoms with van der Waals surface area (Å²) in [5.74, 6) is 0.342. The molecule has 0 spiro atoms. The van der Waals surface area contributed by atoms with Crippen LogP contribution < -0.4 is 15.4 Å². The van der Waals surface area contributed by atoms with Gasteiger partial charge in [-0.2, -0.15) is 23.3 Å². The molecule has 5 heterocycles. The average molecular weight is 666 g/mol. The fraction of sp³-hybridized carbons (Fsp3) is 0.424. The number of carbonyl (C=O) groups excluding carboxylic acids is 2. The number of nitrogens with zero attached hydrogens (tertiary/aromatic N) is 7. The Hall–Kier alpha value is -4.76. The van der Waals surface area contributed by atoms with Gasteiger partial charge in [0.15, 0.2) is 0 Å². The van der Waals surface area contributed by atoms with E-state index in [1.807, 2.05) is 11.8 Å². The predicted molar refractivity (Wildman–Crippen MR) is 172 cm³/mol. The number of piperazine rings is 1. The second-order valence-corrected chi connectivity index (χ2v) is 12.3. The van der Waals surface area contributed by atoms with Gasteiger partial charge < -0.3 is 25.2 Å². The summed E-state index contributed by atoms with van der Waals surface area (Å²) in [6.45, 7) is 5.58. The van der Waals surface area contributed by atoms with Gasteiger partial charge in [-0.15, -0.1) is 0 Å². The molecule has 3 amide bonds. The third-order valence-electron chi connectivity index (χ3n) is 8.60. The molecule has 0 radical (unpaired) electrons. The summed E-state index contributed by atoms with van der Waals surface area (Å²) in [4.78, 5) is 40.0. The van der Waals surface area contributed by atoms with E-state index in [4.69, 9.17) is 9.72 Å². The van der Waals surface area contributed by atoms with Gasteiger partial charge in [0.25, 0.3) is 5.91 Å². The SMILES string of the molecule is CCC[C@H]1CN(C(=O)Nc2ccc(CN3CCNCC3)c(C(F)(F)F)c2)Cc2cc(Oc3ncnn4cc(C(=O)N(C)C)cc34)cnc21. The number of fused-ring (bicyclic) bond motifs is 2. The Kier molecular flexibility index (Phi) is 9.51. The highest BCUT2D eigenvalue weighted by Crippen LogP contribution is 2.36. The molecule has 2 aliphatic rings. The maximum atomic E-state index is 14.1. The number of ether oxygens (including phenoxy) is 1. The Morgan fingerprint density at radius 1 is 1.12 bits per heavy atom. The third-order valence-corrected chi connectivity index (χ3v) is 8.60. The van der Waals surface area contributed by atoms with Crippen LogP contribution in [0.4, 0.5) is 23.7 Å². The number of aromatic nitrogens is 4. The van der Waals surface area contributed by atoms with Gasteiger partial charge in [-0.1, -0.05) is 19.4 Å². The molecule has 48 heavy (non-hydrogen) atoms. The largest absolute Gasteiger partial charge is 0.435 e. The second-order valence-electron chi connectivity index (χ2n) is 12.3. The monoisotopic (exact) mass is 665 g/mol. The fourth-order valence-corrected chi connectivity index (χ4v) is 6.24. The molecule has 0 bridgehead atoms. The van der Waals surface area contributed by atoms with Crippen LogP contribution in [0.15, 0.2) is 49.1 Å². The van der Waals surface area contributed by atoms with Crippen molar-refractivity contribution in [2.75, 3.05) is 52.1 Å². The minimum atomic E-state index is -4.57. The number of urea groups is 1. The molecule has 0 unspecified atom stereocenters. The summed E-state index contributed by atoms with van der Waals surface area (Å²) in [6.07, 6.45) is 1.57. The molecule has 6 rings (SSSR count). The number of amides is 3. The number of nitrogens with one attached hydrogen (secondary N) is 2. The van der Waals surface area contributed by atoms with Crippen LogP contribution in [0.25, 0.3) is 5.52 Å². The lowest BCUT2D eigenvalue weighted by Crippen LogP contribution is -2.43. The number of carbonyl (C=O) groups is 2. The van der Waals surface area contributed by atoms with E-state index in [0.29, 0.717) is 36.5 Å². The molecule has 0 aliphatic carbocycles. The molecule has 1 saturated heterocycles. The number of hydrogen-bond acceptors (Lipinski definition) is 8. The van der Waals surface area contributed by atoms with Crippen LogP contribution in [0, 0.1) is 0 Å². The molecule has 1 fully saturated rings. The highest BCUT2D eigenvalue weighted by atomic mass is 19.4. The van der Waals surface area contributed by atoms with E-state index in [1.54, 1.807) is 43.5 Å². The van der Waals surface area contributed by atoms with Crippen LogP contribution in [-0.2, 0) is 19.3 Å². The Bertz CT molecular complexity index is 1800. The van der Waals surface area contributed by atoms with Crippen molar-refractivity contribution in [3.8, 4) is 11.6 Å². The highest BCUT2D eigenvalue weighted by molar-refractivity contribution is 5.95. The zero-order valence-electron chi connectivity index (χ0n) is 27.0. The van der Waals surface area contributed by atoms with Crippen LogP contribution >= 0.6 is 0 Å². The van der Waals surface area contributed by atoms with E-state index in [9.17, 15) is 22.8 Å². The van der Waals surface area contributed by atoms with E-state index < -0.39 is 17.8 Å². The van der Waals surface area contributed by atoms with E-state index in [2.05, 4.69) is 20.7 Å². The van der Waals surface area contributed by atoms with Crippen LogP contribution in [0.5, 0.6) is 11.6 Å². The van der Waals surface area contributed by atoms with Gasteiger partial charge in [-0.3, -0.25) is 14.7 Å². The lowest BCUT2D eigenvalue weighted by atomic mass is 9.91. The Morgan fingerprint density at radius 2 is 1.92 bits per heavy atom. The van der Waals surface area contributed by atoms with Crippen molar-refractivity contribution in [3.05, 3.63) is 77.0 Å². The third kappa shape index (κ3) is 7.21. The summed E-state index contributed by atoms with van der Waals surface area (Å²) in [5.41, 5.74) is 2.03. The minimum absolute atomic E-state index is 0.0679. The number of rotatable bonds is 8. The first-order chi connectivity index (χ1) is 23.0. The molecule has 254 valence electrons. The Balaban J connectivity index is 1.21. The standard InChI is InChI=1S/C33H38F3N9O3/c1-4-5-22-17-44(32(47)41-25-7-6-21(27(14-25)33(34,35)36)16-43-10-8-37-9-11-43)18-23-12-26(15-38-29(22)23)48-30-28-13-24(31(46)42(2)3)19-45(28)40-20-39-30/h6-7,12-15,19-20,22,37H,4-5,8-11,16-18H2,1-3H3,(H,41,47)/t22-/m0/s1. The lowest BCUT2D eigenvalue weighted by Gasteiger charge is -2.34. The first-order valence-electron chi connectivity index (χ1n) is 15.9.